The van der Waals surface area contributed by atoms with Gasteiger partial charge in [-0.3, -0.25) is 0 Å². The molecule has 1 aromatic carbocycles. The third kappa shape index (κ3) is 6.38. The molecule has 0 bridgehead atoms. The van der Waals surface area contributed by atoms with Crippen LogP contribution in [0.1, 0.15) is 5.56 Å². The number of sulfonamides is 1. The van der Waals surface area contributed by atoms with Gasteiger partial charge in [-0.1, -0.05) is 30.3 Å². The fourth-order valence-corrected chi connectivity index (χ4v) is 1.91. The van der Waals surface area contributed by atoms with E-state index in [1.807, 2.05) is 30.3 Å². The molecule has 17 heavy (non-hydrogen) atoms. The zero-order valence-electron chi connectivity index (χ0n) is 9.54. The lowest BCUT2D eigenvalue weighted by molar-refractivity contribution is 0.243. The van der Waals surface area contributed by atoms with Crippen molar-refractivity contribution in [1.29, 1.82) is 0 Å². The summed E-state index contributed by atoms with van der Waals surface area (Å²) < 4.78 is 21.5. The predicted octanol–water partition coefficient (Wildman–Crippen LogP) is -0.532. The lowest BCUT2D eigenvalue weighted by atomic mass is 10.1. The Labute approximate surface area is 102 Å². The van der Waals surface area contributed by atoms with E-state index in [1.54, 1.807) is 0 Å². The van der Waals surface area contributed by atoms with E-state index in [9.17, 15) is 13.5 Å². The minimum atomic E-state index is -3.44. The molecule has 1 rings (SSSR count). The van der Waals surface area contributed by atoms with Crippen LogP contribution in [0, 0.1) is 0 Å². The quantitative estimate of drug-likeness (QED) is 0.613. The summed E-state index contributed by atoms with van der Waals surface area (Å²) in [6.07, 6.45) is 0.655. The van der Waals surface area contributed by atoms with Gasteiger partial charge in [-0.05, 0) is 12.0 Å². The van der Waals surface area contributed by atoms with E-state index < -0.39 is 10.0 Å². The van der Waals surface area contributed by atoms with E-state index >= 15 is 0 Å². The molecule has 0 aliphatic carbocycles. The molecule has 0 heterocycles. The first-order valence-electron chi connectivity index (χ1n) is 5.40. The van der Waals surface area contributed by atoms with Crippen molar-refractivity contribution in [2.24, 2.45) is 5.14 Å². The smallest absolute Gasteiger partial charge is 0.210 e. The van der Waals surface area contributed by atoms with Crippen molar-refractivity contribution in [1.82, 2.24) is 5.32 Å². The molecule has 1 aromatic rings. The zero-order chi connectivity index (χ0) is 12.7. The van der Waals surface area contributed by atoms with Gasteiger partial charge in [0.05, 0.1) is 12.4 Å². The van der Waals surface area contributed by atoms with Crippen LogP contribution >= 0.6 is 0 Å². The summed E-state index contributed by atoms with van der Waals surface area (Å²) in [5.74, 6) is -0.127. The van der Waals surface area contributed by atoms with Gasteiger partial charge in [-0.15, -0.1) is 0 Å². The molecule has 96 valence electrons. The van der Waals surface area contributed by atoms with Crippen molar-refractivity contribution in [2.45, 2.75) is 12.5 Å². The number of nitrogens with one attached hydrogen (secondary N) is 1. The lowest BCUT2D eigenvalue weighted by Crippen LogP contribution is -2.38. The van der Waals surface area contributed by atoms with Crippen LogP contribution in [0.5, 0.6) is 0 Å². The normalized spacial score (nSPS) is 13.5. The Balaban J connectivity index is 2.39. The van der Waals surface area contributed by atoms with Crippen LogP contribution in [0.2, 0.25) is 0 Å². The van der Waals surface area contributed by atoms with E-state index in [4.69, 9.17) is 5.14 Å². The van der Waals surface area contributed by atoms with Gasteiger partial charge >= 0.3 is 0 Å². The number of nitrogens with two attached hydrogens (primary N) is 1. The second-order valence-electron chi connectivity index (χ2n) is 3.89. The van der Waals surface area contributed by atoms with Crippen molar-refractivity contribution in [3.8, 4) is 0 Å². The molecule has 0 amide bonds. The van der Waals surface area contributed by atoms with Crippen LogP contribution in [-0.2, 0) is 16.4 Å². The predicted molar refractivity (Wildman–Crippen MR) is 67.0 cm³/mol. The molecule has 0 saturated heterocycles. The molecular formula is C11H18N2O3S. The summed E-state index contributed by atoms with van der Waals surface area (Å²) in [4.78, 5) is 0. The SMILES string of the molecule is NS(=O)(=O)CCNC(CO)Cc1ccccc1. The van der Waals surface area contributed by atoms with E-state index in [0.717, 1.165) is 5.56 Å². The van der Waals surface area contributed by atoms with Gasteiger partial charge in [0, 0.05) is 12.6 Å². The highest BCUT2D eigenvalue weighted by Crippen LogP contribution is 2.02. The molecule has 0 saturated carbocycles. The highest BCUT2D eigenvalue weighted by atomic mass is 32.2. The third-order valence-electron chi connectivity index (χ3n) is 2.36. The summed E-state index contributed by atoms with van der Waals surface area (Å²) in [5.41, 5.74) is 1.09. The molecule has 4 N–H and O–H groups in total. The summed E-state index contributed by atoms with van der Waals surface area (Å²) >= 11 is 0. The summed E-state index contributed by atoms with van der Waals surface area (Å²) in [6.45, 7) is 0.205. The molecule has 0 fully saturated rings. The molecule has 0 aliphatic rings. The van der Waals surface area contributed by atoms with Gasteiger partial charge in [0.25, 0.3) is 0 Å². The summed E-state index contributed by atoms with van der Waals surface area (Å²) in [7, 11) is -3.44. The van der Waals surface area contributed by atoms with E-state index in [0.29, 0.717) is 6.42 Å². The molecule has 0 spiro atoms. The van der Waals surface area contributed by atoms with Gasteiger partial charge in [0.15, 0.2) is 0 Å². The molecule has 6 heteroatoms. The maximum atomic E-state index is 10.7. The van der Waals surface area contributed by atoms with E-state index in [2.05, 4.69) is 5.32 Å². The van der Waals surface area contributed by atoms with Crippen molar-refractivity contribution >= 4 is 10.0 Å². The number of benzene rings is 1. The molecule has 5 nitrogen and oxygen atoms in total. The van der Waals surface area contributed by atoms with Crippen LogP contribution in [0.3, 0.4) is 0 Å². The van der Waals surface area contributed by atoms with Crippen LogP contribution in [0.4, 0.5) is 0 Å². The van der Waals surface area contributed by atoms with E-state index in [-0.39, 0.29) is 24.9 Å². The molecule has 1 unspecified atom stereocenters. The minimum absolute atomic E-state index is 0.0421. The number of primary sulfonamides is 1. The standard InChI is InChI=1S/C11H18N2O3S/c12-17(15,16)7-6-13-11(9-14)8-10-4-2-1-3-5-10/h1-5,11,13-14H,6-9H2,(H2,12,15,16). The Bertz CT molecular complexity index is 420. The fraction of sp³-hybridized carbons (Fsp3) is 0.455. The first kappa shape index (κ1) is 14.1. The van der Waals surface area contributed by atoms with Gasteiger partial charge in [-0.2, -0.15) is 0 Å². The Morgan fingerprint density at radius 3 is 2.47 bits per heavy atom. The Morgan fingerprint density at radius 2 is 1.94 bits per heavy atom. The highest BCUT2D eigenvalue weighted by molar-refractivity contribution is 7.89. The van der Waals surface area contributed by atoms with Gasteiger partial charge in [-0.25, -0.2) is 13.6 Å². The average Bonchev–Trinajstić information content (AvgIpc) is 2.27. The first-order valence-corrected chi connectivity index (χ1v) is 7.11. The largest absolute Gasteiger partial charge is 0.395 e. The highest BCUT2D eigenvalue weighted by Gasteiger charge is 2.09. The topological polar surface area (TPSA) is 92.4 Å². The maximum absolute atomic E-state index is 10.7. The minimum Gasteiger partial charge on any atom is -0.395 e. The number of hydrogen-bond donors (Lipinski definition) is 3. The van der Waals surface area contributed by atoms with E-state index in [1.165, 1.54) is 0 Å². The summed E-state index contributed by atoms with van der Waals surface area (Å²) in [6, 6.07) is 9.54. The van der Waals surface area contributed by atoms with Crippen LogP contribution < -0.4 is 10.5 Å². The fourth-order valence-electron chi connectivity index (χ4n) is 1.51. The molecular weight excluding hydrogens is 240 g/mol. The molecule has 0 radical (unpaired) electrons. The molecule has 1 atom stereocenters. The van der Waals surface area contributed by atoms with Crippen molar-refractivity contribution in [3.63, 3.8) is 0 Å². The molecule has 0 aliphatic heterocycles. The summed E-state index contributed by atoms with van der Waals surface area (Å²) in [5, 5.41) is 17.0. The van der Waals surface area contributed by atoms with Crippen molar-refractivity contribution < 1.29 is 13.5 Å². The Kier molecular flexibility index (Phi) is 5.57. The van der Waals surface area contributed by atoms with Gasteiger partial charge in [0.1, 0.15) is 0 Å². The van der Waals surface area contributed by atoms with Crippen LogP contribution in [0.25, 0.3) is 0 Å². The second-order valence-corrected chi connectivity index (χ2v) is 5.62. The van der Waals surface area contributed by atoms with Gasteiger partial charge < -0.3 is 10.4 Å². The molecule has 0 aromatic heterocycles. The van der Waals surface area contributed by atoms with Crippen LogP contribution in [-0.4, -0.2) is 38.5 Å². The first-order chi connectivity index (χ1) is 8.01. The monoisotopic (exact) mass is 258 g/mol. The number of hydrogen-bond acceptors (Lipinski definition) is 4. The van der Waals surface area contributed by atoms with Crippen molar-refractivity contribution in [2.75, 3.05) is 18.9 Å². The number of aliphatic hydroxyl groups is 1. The maximum Gasteiger partial charge on any atom is 0.210 e. The zero-order valence-corrected chi connectivity index (χ0v) is 10.4. The second kappa shape index (κ2) is 6.70. The van der Waals surface area contributed by atoms with Crippen LogP contribution in [0.15, 0.2) is 30.3 Å². The lowest BCUT2D eigenvalue weighted by Gasteiger charge is -2.15. The average molecular weight is 258 g/mol. The number of aliphatic hydroxyl groups excluding tert-OH is 1. The number of rotatable bonds is 7. The van der Waals surface area contributed by atoms with Crippen molar-refractivity contribution in [3.05, 3.63) is 35.9 Å². The Hall–Kier alpha value is -0.950. The van der Waals surface area contributed by atoms with Gasteiger partial charge in [0.2, 0.25) is 10.0 Å². The Morgan fingerprint density at radius 1 is 1.29 bits per heavy atom. The third-order valence-corrected chi connectivity index (χ3v) is 3.14.